The van der Waals surface area contributed by atoms with Gasteiger partial charge in [-0.2, -0.15) is 0 Å². The van der Waals surface area contributed by atoms with Crippen molar-refractivity contribution in [1.29, 1.82) is 0 Å². The van der Waals surface area contributed by atoms with Gasteiger partial charge in [0.05, 0.1) is 0 Å². The number of hydrazine groups is 1. The van der Waals surface area contributed by atoms with Crippen molar-refractivity contribution in [3.8, 4) is 11.4 Å². The molecule has 0 unspecified atom stereocenters. The van der Waals surface area contributed by atoms with Gasteiger partial charge in [0.15, 0.2) is 6.33 Å². The molecule has 0 radical (unpaired) electrons. The van der Waals surface area contributed by atoms with Gasteiger partial charge in [-0.1, -0.05) is 45.0 Å². The smallest absolute Gasteiger partial charge is 0.220 e. The van der Waals surface area contributed by atoms with E-state index in [1.54, 1.807) is 0 Å². The number of nitrogens with one attached hydrogen (secondary N) is 1. The highest BCUT2D eigenvalue weighted by Crippen LogP contribution is 2.13. The molecule has 1 heterocycles. The van der Waals surface area contributed by atoms with Crippen LogP contribution in [0.5, 0.6) is 0 Å². The normalized spacial score (nSPS) is 8.36. The minimum Gasteiger partial charge on any atom is -0.352 e. The van der Waals surface area contributed by atoms with Crippen LogP contribution in [0.3, 0.4) is 0 Å². The minimum atomic E-state index is 0. The van der Waals surface area contributed by atoms with Gasteiger partial charge >= 0.3 is 0 Å². The second-order valence-corrected chi connectivity index (χ2v) is 4.09. The van der Waals surface area contributed by atoms with Crippen LogP contribution in [0.25, 0.3) is 11.4 Å². The van der Waals surface area contributed by atoms with Gasteiger partial charge < -0.3 is 5.32 Å². The van der Waals surface area contributed by atoms with Crippen molar-refractivity contribution in [3.63, 3.8) is 0 Å². The number of nitrogens with two attached hydrogens (primary N) is 2. The highest BCUT2D eigenvalue weighted by atomic mass is 16.1. The lowest BCUT2D eigenvalue weighted by Crippen LogP contribution is -2.21. The third-order valence-corrected chi connectivity index (χ3v) is 2.59. The lowest BCUT2D eigenvalue weighted by Gasteiger charge is -2.05. The Morgan fingerprint density at radius 1 is 1.12 bits per heavy atom. The summed E-state index contributed by atoms with van der Waals surface area (Å²) in [5.41, 5.74) is 1.88. The third kappa shape index (κ3) is 10.6. The molecule has 0 aliphatic carbocycles. The monoisotopic (exact) mass is 349 g/mol. The Kier molecular flexibility index (Phi) is 17.3. The van der Waals surface area contributed by atoms with E-state index < -0.39 is 0 Å². The molecule has 0 aliphatic heterocycles. The molecular formula is C17H31N7O. The fraction of sp³-hybridized carbons (Fsp3) is 0.353. The van der Waals surface area contributed by atoms with Crippen LogP contribution in [-0.2, 0) is 11.3 Å². The van der Waals surface area contributed by atoms with Gasteiger partial charge in [0, 0.05) is 20.0 Å². The first-order chi connectivity index (χ1) is 12.3. The zero-order chi connectivity index (χ0) is 19.5. The Morgan fingerprint density at radius 2 is 1.64 bits per heavy atom. The first kappa shape index (κ1) is 24.5. The first-order valence-electron chi connectivity index (χ1n) is 7.99. The van der Waals surface area contributed by atoms with E-state index in [-0.39, 0.29) is 7.33 Å². The highest BCUT2D eigenvalue weighted by Gasteiger charge is 2.03. The van der Waals surface area contributed by atoms with Crippen LogP contribution < -0.4 is 17.0 Å². The van der Waals surface area contributed by atoms with Crippen LogP contribution in [-0.4, -0.2) is 26.3 Å². The van der Waals surface area contributed by atoms with E-state index in [1.807, 2.05) is 45.0 Å². The molecule has 0 atom stereocenters. The Labute approximate surface area is 151 Å². The summed E-state index contributed by atoms with van der Waals surface area (Å²) >= 11 is 0. The molecule has 8 nitrogen and oxygen atoms in total. The molecule has 0 aliphatic rings. The molecule has 2 rings (SSSR count). The SMILES string of the molecule is C=C.CC.CCCC(=O)NCc1ccc(-c2nncnn2)cc1.NN.[HH]. The standard InChI is InChI=1S/C13H15N5O.C2H6.C2H4.H4N2.H2/c1-2-3-12(19)14-8-10-4-6-11(7-5-10)13-17-15-9-16-18-13;3*1-2;/h4-7,9H,2-3,8H2,1H3,(H,14,19);1-2H3;2*1-2H2;1H. The van der Waals surface area contributed by atoms with E-state index in [9.17, 15) is 4.79 Å². The molecule has 0 saturated carbocycles. The Balaban J connectivity index is -0.000000686. The summed E-state index contributed by atoms with van der Waals surface area (Å²) in [6.07, 6.45) is 2.71. The number of amides is 1. The number of hydrogen-bond donors (Lipinski definition) is 3. The minimum absolute atomic E-state index is 0. The van der Waals surface area contributed by atoms with E-state index in [1.165, 1.54) is 6.33 Å². The van der Waals surface area contributed by atoms with E-state index in [2.05, 4.69) is 50.6 Å². The molecule has 1 aromatic heterocycles. The molecule has 8 heteroatoms. The predicted molar refractivity (Wildman–Crippen MR) is 103 cm³/mol. The fourth-order valence-electron chi connectivity index (χ4n) is 1.61. The summed E-state index contributed by atoms with van der Waals surface area (Å²) in [6.45, 7) is 12.5. The first-order valence-corrected chi connectivity index (χ1v) is 7.99. The zero-order valence-corrected chi connectivity index (χ0v) is 15.3. The molecular weight excluding hydrogens is 318 g/mol. The summed E-state index contributed by atoms with van der Waals surface area (Å²) in [7, 11) is 0. The number of carbonyl (C=O) groups is 1. The second kappa shape index (κ2) is 17.6. The third-order valence-electron chi connectivity index (χ3n) is 2.59. The quantitative estimate of drug-likeness (QED) is 0.428. The van der Waals surface area contributed by atoms with Crippen molar-refractivity contribution in [1.82, 2.24) is 25.7 Å². The second-order valence-electron chi connectivity index (χ2n) is 4.09. The molecule has 0 fully saturated rings. The maximum absolute atomic E-state index is 11.4. The van der Waals surface area contributed by atoms with Crippen LogP contribution in [0.1, 0.15) is 40.6 Å². The van der Waals surface area contributed by atoms with E-state index in [0.717, 1.165) is 17.5 Å². The van der Waals surface area contributed by atoms with Crippen LogP contribution >= 0.6 is 0 Å². The van der Waals surface area contributed by atoms with Gasteiger partial charge in [0.25, 0.3) is 0 Å². The molecule has 2 aromatic rings. The van der Waals surface area contributed by atoms with Gasteiger partial charge in [-0.3, -0.25) is 16.5 Å². The van der Waals surface area contributed by atoms with Crippen LogP contribution in [0.4, 0.5) is 0 Å². The Morgan fingerprint density at radius 3 is 2.12 bits per heavy atom. The highest BCUT2D eigenvalue weighted by molar-refractivity contribution is 5.75. The average molecular weight is 349 g/mol. The summed E-state index contributed by atoms with van der Waals surface area (Å²) in [5, 5.41) is 18.0. The van der Waals surface area contributed by atoms with E-state index in [4.69, 9.17) is 0 Å². The summed E-state index contributed by atoms with van der Waals surface area (Å²) in [4.78, 5) is 11.4. The van der Waals surface area contributed by atoms with Gasteiger partial charge in [0.2, 0.25) is 11.7 Å². The molecule has 0 saturated heterocycles. The molecule has 5 N–H and O–H groups in total. The lowest BCUT2D eigenvalue weighted by molar-refractivity contribution is -0.121. The number of carbonyl (C=O) groups excluding carboxylic acids is 1. The largest absolute Gasteiger partial charge is 0.352 e. The summed E-state index contributed by atoms with van der Waals surface area (Å²) in [5.74, 6) is 8.57. The van der Waals surface area contributed by atoms with Crippen LogP contribution in [0, 0.1) is 0 Å². The predicted octanol–water partition coefficient (Wildman–Crippen LogP) is 2.24. The van der Waals surface area contributed by atoms with Gasteiger partial charge in [-0.15, -0.1) is 33.6 Å². The maximum atomic E-state index is 11.4. The molecule has 1 amide bonds. The van der Waals surface area contributed by atoms with Gasteiger partial charge in [-0.25, -0.2) is 0 Å². The van der Waals surface area contributed by atoms with Crippen molar-refractivity contribution < 1.29 is 6.22 Å². The molecule has 25 heavy (non-hydrogen) atoms. The van der Waals surface area contributed by atoms with Gasteiger partial charge in [-0.05, 0) is 12.0 Å². The molecule has 1 aromatic carbocycles. The fourth-order valence-corrected chi connectivity index (χ4v) is 1.61. The number of benzene rings is 1. The lowest BCUT2D eigenvalue weighted by atomic mass is 10.1. The van der Waals surface area contributed by atoms with E-state index >= 15 is 0 Å². The van der Waals surface area contributed by atoms with E-state index in [0.29, 0.717) is 18.8 Å². The molecule has 140 valence electrons. The van der Waals surface area contributed by atoms with Crippen molar-refractivity contribution in [2.75, 3.05) is 0 Å². The summed E-state index contributed by atoms with van der Waals surface area (Å²) < 4.78 is 0. The van der Waals surface area contributed by atoms with Crippen molar-refractivity contribution >= 4 is 5.91 Å². The van der Waals surface area contributed by atoms with Crippen LogP contribution in [0.2, 0.25) is 0 Å². The zero-order valence-electron chi connectivity index (χ0n) is 15.3. The average Bonchev–Trinajstić information content (AvgIpc) is 2.72. The number of nitrogens with zero attached hydrogens (tertiary/aromatic N) is 4. The van der Waals surface area contributed by atoms with Crippen molar-refractivity contribution in [2.24, 2.45) is 11.7 Å². The summed E-state index contributed by atoms with van der Waals surface area (Å²) in [6, 6.07) is 7.63. The van der Waals surface area contributed by atoms with Crippen molar-refractivity contribution in [3.05, 3.63) is 49.3 Å². The topological polar surface area (TPSA) is 133 Å². The molecule has 0 bridgehead atoms. The maximum Gasteiger partial charge on any atom is 0.220 e. The number of aromatic nitrogens is 4. The van der Waals surface area contributed by atoms with Gasteiger partial charge in [0.1, 0.15) is 0 Å². The number of hydrogen-bond acceptors (Lipinski definition) is 7. The number of rotatable bonds is 5. The Hall–Kier alpha value is -2.71. The molecule has 0 spiro atoms. The Bertz CT molecular complexity index is 553. The van der Waals surface area contributed by atoms with Crippen molar-refractivity contribution in [2.45, 2.75) is 40.2 Å². The van der Waals surface area contributed by atoms with Crippen LogP contribution in [0.15, 0.2) is 43.8 Å².